The van der Waals surface area contributed by atoms with E-state index >= 15 is 0 Å². The van der Waals surface area contributed by atoms with Crippen LogP contribution in [0.3, 0.4) is 0 Å². The van der Waals surface area contributed by atoms with Crippen molar-refractivity contribution in [2.24, 2.45) is 15.1 Å². The van der Waals surface area contributed by atoms with Crippen LogP contribution in [0.15, 0.2) is 70.1 Å². The lowest BCUT2D eigenvalue weighted by Gasteiger charge is -2.21. The predicted molar refractivity (Wildman–Crippen MR) is 137 cm³/mol. The van der Waals surface area contributed by atoms with Crippen molar-refractivity contribution in [1.82, 2.24) is 15.3 Å². The molecule has 2 aromatic rings. The third-order valence-corrected chi connectivity index (χ3v) is 5.14. The van der Waals surface area contributed by atoms with Crippen LogP contribution in [0.4, 0.5) is 18.9 Å². The van der Waals surface area contributed by atoms with Gasteiger partial charge < -0.3 is 15.0 Å². The number of ether oxygens (including phenoxy) is 1. The lowest BCUT2D eigenvalue weighted by atomic mass is 10.1. The average Bonchev–Trinajstić information content (AvgIpc) is 3.17. The second kappa shape index (κ2) is 13.3. The molecule has 2 N–H and O–H groups in total. The SMILES string of the molecule is C=C(N=C(N=CCF)N/N=C/c1ccc(C(=O)Nc2cccc(C(C)(F)F)c2)cn1)N1CCCOCC1. The number of amides is 1. The molecule has 1 fully saturated rings. The van der Waals surface area contributed by atoms with Gasteiger partial charge in [-0.15, -0.1) is 0 Å². The van der Waals surface area contributed by atoms with E-state index in [9.17, 15) is 18.0 Å². The molecule has 37 heavy (non-hydrogen) atoms. The quantitative estimate of drug-likeness (QED) is 0.315. The van der Waals surface area contributed by atoms with Crippen LogP contribution in [0.1, 0.15) is 35.0 Å². The molecule has 12 heteroatoms. The van der Waals surface area contributed by atoms with E-state index in [2.05, 4.69) is 37.4 Å². The van der Waals surface area contributed by atoms with Gasteiger partial charge in [0.2, 0.25) is 5.96 Å². The topological polar surface area (TPSA) is 104 Å². The van der Waals surface area contributed by atoms with Crippen LogP contribution in [-0.4, -0.2) is 67.2 Å². The van der Waals surface area contributed by atoms with Gasteiger partial charge in [-0.1, -0.05) is 18.7 Å². The molecule has 1 saturated heterocycles. The minimum atomic E-state index is -3.02. The van der Waals surface area contributed by atoms with Crippen molar-refractivity contribution in [3.8, 4) is 0 Å². The molecule has 0 aliphatic carbocycles. The highest BCUT2D eigenvalue weighted by atomic mass is 19.3. The van der Waals surface area contributed by atoms with Crippen LogP contribution in [0, 0.1) is 0 Å². The fourth-order valence-electron chi connectivity index (χ4n) is 3.25. The smallest absolute Gasteiger partial charge is 0.270 e. The third-order valence-electron chi connectivity index (χ3n) is 5.14. The summed E-state index contributed by atoms with van der Waals surface area (Å²) in [5.74, 6) is -3.03. The van der Waals surface area contributed by atoms with Gasteiger partial charge in [-0.3, -0.25) is 9.78 Å². The number of alkyl halides is 3. The standard InChI is InChI=1S/C25H28F3N7O2/c1-18(35-11-4-13-37-14-12-35)32-24(29-10-9-26)34-31-17-22-8-7-19(16-30-22)23(36)33-21-6-3-5-20(15-21)25(2,27)28/h3,5-8,10,15-17H,1,4,9,11-14H2,2H3,(H,32,34)(H,33,36)/b29-10?,31-17+. The first-order chi connectivity index (χ1) is 17.8. The number of carbonyl (C=O) groups is 1. The summed E-state index contributed by atoms with van der Waals surface area (Å²) in [6.07, 6.45) is 4.58. The molecule has 1 aliphatic heterocycles. The predicted octanol–water partition coefficient (Wildman–Crippen LogP) is 3.96. The zero-order valence-corrected chi connectivity index (χ0v) is 20.3. The summed E-state index contributed by atoms with van der Waals surface area (Å²) in [4.78, 5) is 26.8. The van der Waals surface area contributed by atoms with Crippen molar-refractivity contribution < 1.29 is 22.7 Å². The Labute approximate surface area is 212 Å². The zero-order chi connectivity index (χ0) is 26.7. The number of hydrogen-bond donors (Lipinski definition) is 2. The Morgan fingerprint density at radius 2 is 2.11 bits per heavy atom. The van der Waals surface area contributed by atoms with E-state index in [4.69, 9.17) is 4.74 Å². The molecular weight excluding hydrogens is 487 g/mol. The number of anilines is 1. The Bertz CT molecular complexity index is 1150. The molecule has 0 atom stereocenters. The second-order valence-corrected chi connectivity index (χ2v) is 8.04. The number of halogens is 3. The Hall–Kier alpha value is -4.06. The summed E-state index contributed by atoms with van der Waals surface area (Å²) in [7, 11) is 0. The molecule has 3 rings (SSSR count). The fraction of sp³-hybridized carbons (Fsp3) is 0.320. The van der Waals surface area contributed by atoms with Crippen molar-refractivity contribution in [2.75, 3.05) is 38.3 Å². The van der Waals surface area contributed by atoms with E-state index in [1.54, 1.807) is 6.07 Å². The monoisotopic (exact) mass is 515 g/mol. The lowest BCUT2D eigenvalue weighted by molar-refractivity contribution is 0.0175. The van der Waals surface area contributed by atoms with Crippen molar-refractivity contribution in [2.45, 2.75) is 19.3 Å². The Morgan fingerprint density at radius 3 is 2.84 bits per heavy atom. The van der Waals surface area contributed by atoms with Gasteiger partial charge in [-0.25, -0.2) is 23.6 Å². The summed E-state index contributed by atoms with van der Waals surface area (Å²) >= 11 is 0. The maximum atomic E-state index is 13.5. The highest BCUT2D eigenvalue weighted by molar-refractivity contribution is 6.04. The molecule has 1 aromatic carbocycles. The number of nitrogens with one attached hydrogen (secondary N) is 2. The summed E-state index contributed by atoms with van der Waals surface area (Å²) in [5.41, 5.74) is 3.31. The van der Waals surface area contributed by atoms with Crippen LogP contribution < -0.4 is 10.7 Å². The van der Waals surface area contributed by atoms with Crippen LogP contribution in [0.25, 0.3) is 0 Å². The number of benzene rings is 1. The molecule has 0 unspecified atom stereocenters. The van der Waals surface area contributed by atoms with Gasteiger partial charge in [-0.05, 0) is 30.7 Å². The molecule has 0 saturated carbocycles. The number of rotatable bonds is 8. The van der Waals surface area contributed by atoms with Gasteiger partial charge in [0.1, 0.15) is 12.5 Å². The highest BCUT2D eigenvalue weighted by Crippen LogP contribution is 2.28. The maximum Gasteiger partial charge on any atom is 0.270 e. The van der Waals surface area contributed by atoms with Gasteiger partial charge >= 0.3 is 0 Å². The Balaban J connectivity index is 1.61. The van der Waals surface area contributed by atoms with E-state index in [1.165, 1.54) is 42.7 Å². The van der Waals surface area contributed by atoms with Crippen molar-refractivity contribution in [3.63, 3.8) is 0 Å². The molecular formula is C25H28F3N7O2. The number of nitrogens with zero attached hydrogens (tertiary/aromatic N) is 5. The third kappa shape index (κ3) is 8.83. The minimum absolute atomic E-state index is 0.0416. The molecule has 0 radical (unpaired) electrons. The van der Waals surface area contributed by atoms with E-state index in [1.807, 2.05) is 4.90 Å². The number of guanidine groups is 1. The molecule has 0 bridgehead atoms. The lowest BCUT2D eigenvalue weighted by Crippen LogP contribution is -2.26. The van der Waals surface area contributed by atoms with E-state index in [0.717, 1.165) is 26.1 Å². The van der Waals surface area contributed by atoms with E-state index < -0.39 is 18.5 Å². The molecule has 1 amide bonds. The molecule has 0 spiro atoms. The zero-order valence-electron chi connectivity index (χ0n) is 20.3. The number of hydrazone groups is 1. The van der Waals surface area contributed by atoms with Gasteiger partial charge in [0.15, 0.2) is 0 Å². The van der Waals surface area contributed by atoms with Gasteiger partial charge in [-0.2, -0.15) is 10.1 Å². The normalized spacial score (nSPS) is 15.1. The summed E-state index contributed by atoms with van der Waals surface area (Å²) < 4.78 is 45.1. The van der Waals surface area contributed by atoms with Crippen LogP contribution in [0.5, 0.6) is 0 Å². The summed E-state index contributed by atoms with van der Waals surface area (Å²) in [6, 6.07) is 8.54. The van der Waals surface area contributed by atoms with Crippen molar-refractivity contribution in [3.05, 3.63) is 71.8 Å². The first kappa shape index (κ1) is 27.5. The van der Waals surface area contributed by atoms with Gasteiger partial charge in [0, 0.05) is 50.3 Å². The minimum Gasteiger partial charge on any atom is -0.380 e. The van der Waals surface area contributed by atoms with E-state index in [0.29, 0.717) is 31.3 Å². The largest absolute Gasteiger partial charge is 0.380 e. The maximum absolute atomic E-state index is 13.5. The summed E-state index contributed by atoms with van der Waals surface area (Å²) in [6.45, 7) is 6.55. The molecule has 2 heterocycles. The molecule has 1 aromatic heterocycles. The molecule has 1 aliphatic rings. The van der Waals surface area contributed by atoms with E-state index in [-0.39, 0.29) is 22.8 Å². The molecule has 196 valence electrons. The first-order valence-corrected chi connectivity index (χ1v) is 11.5. The number of aromatic nitrogens is 1. The second-order valence-electron chi connectivity index (χ2n) is 8.04. The number of aliphatic imine (C=N–C) groups is 2. The fourth-order valence-corrected chi connectivity index (χ4v) is 3.25. The van der Waals surface area contributed by atoms with Crippen LogP contribution in [0.2, 0.25) is 0 Å². The number of pyridine rings is 1. The highest BCUT2D eigenvalue weighted by Gasteiger charge is 2.24. The van der Waals surface area contributed by atoms with Gasteiger partial charge in [0.05, 0.1) is 24.1 Å². The first-order valence-electron chi connectivity index (χ1n) is 11.5. The van der Waals surface area contributed by atoms with Gasteiger partial charge in [0.25, 0.3) is 11.8 Å². The molecule has 9 nitrogen and oxygen atoms in total. The average molecular weight is 516 g/mol. The van der Waals surface area contributed by atoms with Crippen molar-refractivity contribution >= 4 is 30.0 Å². The van der Waals surface area contributed by atoms with Crippen molar-refractivity contribution in [1.29, 1.82) is 0 Å². The number of hydrogen-bond acceptors (Lipinski definition) is 6. The summed E-state index contributed by atoms with van der Waals surface area (Å²) in [5, 5.41) is 6.60. The Morgan fingerprint density at radius 1 is 1.27 bits per heavy atom. The Kier molecular flexibility index (Phi) is 9.90. The van der Waals surface area contributed by atoms with Crippen LogP contribution in [-0.2, 0) is 10.7 Å². The van der Waals surface area contributed by atoms with Crippen LogP contribution >= 0.6 is 0 Å². The number of carbonyl (C=O) groups excluding carboxylic acids is 1.